The predicted octanol–water partition coefficient (Wildman–Crippen LogP) is 3.94. The van der Waals surface area contributed by atoms with Crippen molar-refractivity contribution in [3.63, 3.8) is 0 Å². The Kier molecular flexibility index (Phi) is 11.0. The molecular weight excluding hydrogens is 691 g/mol. The summed E-state index contributed by atoms with van der Waals surface area (Å²) in [6.45, 7) is 2.85. The smallest absolute Gasteiger partial charge is 0.408 e. The predicted molar refractivity (Wildman–Crippen MR) is 165 cm³/mol. The monoisotopic (exact) mass is 716 g/mol. The van der Waals surface area contributed by atoms with Crippen LogP contribution in [-0.2, 0) is 40.0 Å². The van der Waals surface area contributed by atoms with E-state index in [2.05, 4.69) is 5.32 Å². The minimum absolute atomic E-state index is 0.0578. The molecule has 4 unspecified atom stereocenters. The molecule has 2 fully saturated rings. The van der Waals surface area contributed by atoms with Crippen molar-refractivity contribution in [2.75, 3.05) is 13.2 Å². The van der Waals surface area contributed by atoms with E-state index in [0.29, 0.717) is 5.56 Å². The third-order valence-electron chi connectivity index (χ3n) is 6.59. The van der Waals surface area contributed by atoms with E-state index < -0.39 is 68.5 Å². The van der Waals surface area contributed by atoms with Gasteiger partial charge >= 0.3 is 30.0 Å². The minimum Gasteiger partial charge on any atom is -0.461 e. The van der Waals surface area contributed by atoms with Crippen LogP contribution in [0, 0.1) is 0 Å². The SMILES string of the molecule is CC(=O)Oc1ccc(C(=O)OCC2(C)SC3C(NC(=O)OCC(Cl)(Cl)Cl)C(=O)N3C2C(=O)OCc2ccccc2)cc1OC(C)=O. The van der Waals surface area contributed by atoms with Crippen LogP contribution in [0.1, 0.15) is 36.7 Å². The van der Waals surface area contributed by atoms with Crippen LogP contribution in [0.3, 0.4) is 0 Å². The molecule has 0 saturated carbocycles. The van der Waals surface area contributed by atoms with E-state index in [9.17, 15) is 28.8 Å². The molecule has 2 aromatic rings. The van der Waals surface area contributed by atoms with E-state index in [1.54, 1.807) is 37.3 Å². The molecule has 0 radical (unpaired) electrons. The average molecular weight is 718 g/mol. The Bertz CT molecular complexity index is 1540. The van der Waals surface area contributed by atoms with Crippen molar-refractivity contribution in [1.29, 1.82) is 0 Å². The number of nitrogens with zero attached hydrogens (tertiary/aromatic N) is 1. The van der Waals surface area contributed by atoms with Crippen LogP contribution in [0.25, 0.3) is 0 Å². The summed E-state index contributed by atoms with van der Waals surface area (Å²) in [5.74, 6) is -3.91. The Morgan fingerprint density at radius 2 is 1.59 bits per heavy atom. The number of alkyl carbamates (subject to hydrolysis) is 1. The first-order chi connectivity index (χ1) is 21.6. The number of rotatable bonds is 10. The van der Waals surface area contributed by atoms with Gasteiger partial charge in [0.15, 0.2) is 11.5 Å². The molecule has 2 amide bonds. The fourth-order valence-electron chi connectivity index (χ4n) is 4.65. The second-order valence-corrected chi connectivity index (χ2v) is 14.5. The highest BCUT2D eigenvalue weighted by atomic mass is 35.6. The minimum atomic E-state index is -1.87. The van der Waals surface area contributed by atoms with Gasteiger partial charge in [-0.2, -0.15) is 0 Å². The van der Waals surface area contributed by atoms with E-state index in [-0.39, 0.29) is 30.3 Å². The number of nitrogens with one attached hydrogen (secondary N) is 1. The largest absolute Gasteiger partial charge is 0.461 e. The molecule has 4 atom stereocenters. The number of hydrogen-bond acceptors (Lipinski definition) is 12. The normalized spacial score (nSPS) is 21.7. The molecule has 4 rings (SSSR count). The summed E-state index contributed by atoms with van der Waals surface area (Å²) < 4.78 is 23.0. The lowest BCUT2D eigenvalue weighted by Crippen LogP contribution is -2.71. The van der Waals surface area contributed by atoms with Gasteiger partial charge in [-0.05, 0) is 30.7 Å². The zero-order chi connectivity index (χ0) is 33.8. The maximum Gasteiger partial charge on any atom is 0.408 e. The summed E-state index contributed by atoms with van der Waals surface area (Å²) in [6, 6.07) is 10.3. The van der Waals surface area contributed by atoms with Gasteiger partial charge in [0.05, 0.1) is 10.3 Å². The van der Waals surface area contributed by atoms with Gasteiger partial charge in [-0.1, -0.05) is 65.1 Å². The molecule has 246 valence electrons. The van der Waals surface area contributed by atoms with Crippen LogP contribution in [0.5, 0.6) is 11.5 Å². The lowest BCUT2D eigenvalue weighted by atomic mass is 9.95. The number of fused-ring (bicyclic) bond motifs is 1. The molecule has 0 spiro atoms. The maximum absolute atomic E-state index is 13.5. The van der Waals surface area contributed by atoms with Gasteiger partial charge < -0.3 is 33.9 Å². The number of benzene rings is 2. The number of halogens is 3. The van der Waals surface area contributed by atoms with Crippen molar-refractivity contribution in [3.05, 3.63) is 59.7 Å². The van der Waals surface area contributed by atoms with Gasteiger partial charge in [0.25, 0.3) is 0 Å². The van der Waals surface area contributed by atoms with E-state index in [1.165, 1.54) is 17.0 Å². The molecule has 17 heteroatoms. The molecule has 1 N–H and O–H groups in total. The van der Waals surface area contributed by atoms with Crippen LogP contribution < -0.4 is 14.8 Å². The Hall–Kier alpha value is -3.72. The second-order valence-electron chi connectivity index (χ2n) is 10.3. The van der Waals surface area contributed by atoms with Crippen LogP contribution >= 0.6 is 46.6 Å². The van der Waals surface area contributed by atoms with Gasteiger partial charge in [0.2, 0.25) is 9.70 Å². The Morgan fingerprint density at radius 1 is 0.935 bits per heavy atom. The van der Waals surface area contributed by atoms with E-state index in [0.717, 1.165) is 31.7 Å². The van der Waals surface area contributed by atoms with E-state index in [1.807, 2.05) is 0 Å². The molecule has 2 aliphatic heterocycles. The van der Waals surface area contributed by atoms with Crippen molar-refractivity contribution < 1.29 is 52.5 Å². The molecule has 13 nitrogen and oxygen atoms in total. The van der Waals surface area contributed by atoms with Crippen molar-refractivity contribution in [3.8, 4) is 11.5 Å². The van der Waals surface area contributed by atoms with Crippen molar-refractivity contribution in [2.45, 2.75) is 53.4 Å². The number of thioether (sulfide) groups is 1. The molecule has 2 aromatic carbocycles. The molecule has 46 heavy (non-hydrogen) atoms. The lowest BCUT2D eigenvalue weighted by molar-refractivity contribution is -0.165. The fraction of sp³-hybridized carbons (Fsp3) is 0.379. The summed E-state index contributed by atoms with van der Waals surface area (Å²) in [6.07, 6.45) is -1.02. The lowest BCUT2D eigenvalue weighted by Gasteiger charge is -2.43. The number of esters is 4. The number of hydrogen-bond donors (Lipinski definition) is 1. The number of ether oxygens (including phenoxy) is 5. The molecule has 0 aromatic heterocycles. The van der Waals surface area contributed by atoms with Gasteiger partial charge in [-0.25, -0.2) is 14.4 Å². The highest BCUT2D eigenvalue weighted by Gasteiger charge is 2.66. The van der Waals surface area contributed by atoms with Crippen LogP contribution in [0.15, 0.2) is 48.5 Å². The van der Waals surface area contributed by atoms with E-state index >= 15 is 0 Å². The summed E-state index contributed by atoms with van der Waals surface area (Å²) in [4.78, 5) is 76.4. The Morgan fingerprint density at radius 3 is 2.22 bits per heavy atom. The van der Waals surface area contributed by atoms with Crippen molar-refractivity contribution in [2.24, 2.45) is 0 Å². The second kappa shape index (κ2) is 14.4. The van der Waals surface area contributed by atoms with Gasteiger partial charge in [-0.3, -0.25) is 14.4 Å². The molecule has 2 heterocycles. The zero-order valence-corrected chi connectivity index (χ0v) is 27.5. The van der Waals surface area contributed by atoms with Gasteiger partial charge in [0, 0.05) is 13.8 Å². The van der Waals surface area contributed by atoms with Crippen LogP contribution in [-0.4, -0.2) is 80.0 Å². The maximum atomic E-state index is 13.5. The average Bonchev–Trinajstić information content (AvgIpc) is 3.26. The fourth-order valence-corrected chi connectivity index (χ4v) is 6.49. The topological polar surface area (TPSA) is 164 Å². The zero-order valence-electron chi connectivity index (χ0n) is 24.5. The van der Waals surface area contributed by atoms with Crippen LogP contribution in [0.4, 0.5) is 4.79 Å². The molecule has 0 aliphatic carbocycles. The van der Waals surface area contributed by atoms with Gasteiger partial charge in [0.1, 0.15) is 37.3 Å². The third kappa shape index (κ3) is 8.55. The number of carbonyl (C=O) groups is 6. The van der Waals surface area contributed by atoms with Crippen LogP contribution in [0.2, 0.25) is 0 Å². The highest BCUT2D eigenvalue weighted by Crippen LogP contribution is 2.51. The van der Waals surface area contributed by atoms with Crippen molar-refractivity contribution >= 4 is 82.4 Å². The number of amides is 2. The summed E-state index contributed by atoms with van der Waals surface area (Å²) >= 11 is 18.0. The molecule has 2 saturated heterocycles. The number of carbonyl (C=O) groups excluding carboxylic acids is 6. The quantitative estimate of drug-likeness (QED) is 0.124. The first-order valence-electron chi connectivity index (χ1n) is 13.5. The summed E-state index contributed by atoms with van der Waals surface area (Å²) in [5, 5.41) is 1.65. The first kappa shape index (κ1) is 35.1. The Balaban J connectivity index is 1.52. The summed E-state index contributed by atoms with van der Waals surface area (Å²) in [5.41, 5.74) is 0.649. The highest BCUT2D eigenvalue weighted by molar-refractivity contribution is 8.01. The Labute approximate surface area is 282 Å². The number of alkyl halides is 3. The van der Waals surface area contributed by atoms with E-state index in [4.69, 9.17) is 58.5 Å². The molecule has 2 aliphatic rings. The van der Waals surface area contributed by atoms with Crippen molar-refractivity contribution in [1.82, 2.24) is 10.2 Å². The molecule has 0 bridgehead atoms. The first-order valence-corrected chi connectivity index (χ1v) is 15.5. The third-order valence-corrected chi connectivity index (χ3v) is 8.54. The summed E-state index contributed by atoms with van der Waals surface area (Å²) in [7, 11) is 0. The van der Waals surface area contributed by atoms with Gasteiger partial charge in [-0.15, -0.1) is 11.8 Å². The molecular formula is C29H27Cl3N2O11S. The number of β-lactam (4-membered cyclic amide) rings is 1. The standard InChI is InChI=1S/C29H27Cl3N2O11S/c1-15(35)44-19-10-9-18(11-20(19)45-16(2)36)25(38)42-13-28(3)22(26(39)41-12-17-7-5-4-6-8-17)34-23(37)21(24(34)46-28)33-27(40)43-14-29(30,31)32/h4-11,21-22,24H,12-14H2,1-3H3,(H,33,40).